The largest absolute Gasteiger partial charge is 0.497 e. The second-order valence-corrected chi connectivity index (χ2v) is 3.76. The minimum absolute atomic E-state index is 0.0673. The summed E-state index contributed by atoms with van der Waals surface area (Å²) in [6, 6.07) is 3.06. The number of nitrogens with two attached hydrogens (primary N) is 1. The van der Waals surface area contributed by atoms with Crippen LogP contribution in [0.4, 0.5) is 5.69 Å². The van der Waals surface area contributed by atoms with Gasteiger partial charge in [-0.05, 0) is 6.07 Å². The zero-order valence-electron chi connectivity index (χ0n) is 11.5. The van der Waals surface area contributed by atoms with Crippen LogP contribution in [-0.2, 0) is 9.47 Å². The molecule has 0 spiro atoms. The number of aliphatic hydroxyl groups excluding tert-OH is 1. The van der Waals surface area contributed by atoms with Crippen LogP contribution in [0.2, 0.25) is 0 Å². The van der Waals surface area contributed by atoms with Gasteiger partial charge in [0.2, 0.25) is 0 Å². The van der Waals surface area contributed by atoms with Gasteiger partial charge in [-0.1, -0.05) is 0 Å². The first-order valence-corrected chi connectivity index (χ1v) is 6.01. The van der Waals surface area contributed by atoms with Crippen LogP contribution >= 0.6 is 0 Å². The molecule has 0 aliphatic heterocycles. The van der Waals surface area contributed by atoms with Crippen LogP contribution in [0.15, 0.2) is 12.1 Å². The van der Waals surface area contributed by atoms with Gasteiger partial charge in [-0.2, -0.15) is 0 Å². The van der Waals surface area contributed by atoms with E-state index in [1.54, 1.807) is 6.07 Å². The van der Waals surface area contributed by atoms with Crippen molar-refractivity contribution in [2.24, 2.45) is 0 Å². The Bertz CT molecular complexity index is 449. The van der Waals surface area contributed by atoms with Gasteiger partial charge < -0.3 is 29.8 Å². The number of hydrogen-bond donors (Lipinski definition) is 2. The SMILES string of the molecule is COc1cc(OC)c(N)c(C(=O)OCCOCCO)c1. The highest BCUT2D eigenvalue weighted by Gasteiger charge is 2.17. The summed E-state index contributed by atoms with van der Waals surface area (Å²) in [5.41, 5.74) is 6.18. The Labute approximate surface area is 117 Å². The van der Waals surface area contributed by atoms with Gasteiger partial charge in [-0.25, -0.2) is 4.79 Å². The van der Waals surface area contributed by atoms with Crippen LogP contribution in [0.5, 0.6) is 11.5 Å². The minimum atomic E-state index is -0.590. The second-order valence-electron chi connectivity index (χ2n) is 3.76. The van der Waals surface area contributed by atoms with E-state index in [9.17, 15) is 4.79 Å². The van der Waals surface area contributed by atoms with Gasteiger partial charge >= 0.3 is 5.97 Å². The van der Waals surface area contributed by atoms with Gasteiger partial charge in [0.25, 0.3) is 0 Å². The third-order valence-corrected chi connectivity index (χ3v) is 2.49. The van der Waals surface area contributed by atoms with E-state index >= 15 is 0 Å². The van der Waals surface area contributed by atoms with E-state index < -0.39 is 5.97 Å². The number of aliphatic hydroxyl groups is 1. The number of nitrogen functional groups attached to an aromatic ring is 1. The number of benzene rings is 1. The quantitative estimate of drug-likeness (QED) is 0.406. The van der Waals surface area contributed by atoms with Gasteiger partial charge in [0, 0.05) is 6.07 Å². The Morgan fingerprint density at radius 1 is 1.20 bits per heavy atom. The topological polar surface area (TPSA) is 100 Å². The summed E-state index contributed by atoms with van der Waals surface area (Å²) < 4.78 is 20.1. The standard InChI is InChI=1S/C13H19NO6/c1-17-9-7-10(12(14)11(8-9)18-2)13(16)20-6-5-19-4-3-15/h7-8,15H,3-6,14H2,1-2H3. The normalized spacial score (nSPS) is 10.2. The maximum absolute atomic E-state index is 11.9. The molecule has 1 aromatic carbocycles. The number of anilines is 1. The van der Waals surface area contributed by atoms with Crippen LogP contribution in [0.25, 0.3) is 0 Å². The lowest BCUT2D eigenvalue weighted by atomic mass is 10.1. The highest BCUT2D eigenvalue weighted by molar-refractivity contribution is 5.97. The summed E-state index contributed by atoms with van der Waals surface area (Å²) >= 11 is 0. The van der Waals surface area contributed by atoms with Gasteiger partial charge in [0.1, 0.15) is 18.1 Å². The van der Waals surface area contributed by atoms with Crippen molar-refractivity contribution in [1.29, 1.82) is 0 Å². The molecule has 0 aliphatic carbocycles. The van der Waals surface area contributed by atoms with Crippen molar-refractivity contribution in [3.8, 4) is 11.5 Å². The molecule has 0 saturated carbocycles. The smallest absolute Gasteiger partial charge is 0.340 e. The molecule has 7 heteroatoms. The summed E-state index contributed by atoms with van der Waals surface area (Å²) in [5, 5.41) is 8.53. The van der Waals surface area contributed by atoms with Crippen molar-refractivity contribution in [2.45, 2.75) is 0 Å². The minimum Gasteiger partial charge on any atom is -0.497 e. The molecular weight excluding hydrogens is 266 g/mol. The highest BCUT2D eigenvalue weighted by Crippen LogP contribution is 2.31. The van der Waals surface area contributed by atoms with Crippen LogP contribution < -0.4 is 15.2 Å². The van der Waals surface area contributed by atoms with Gasteiger partial charge in [0.05, 0.1) is 45.3 Å². The Hall–Kier alpha value is -1.99. The molecule has 1 rings (SSSR count). The number of methoxy groups -OCH3 is 2. The molecule has 0 atom stereocenters. The van der Waals surface area contributed by atoms with Crippen molar-refractivity contribution >= 4 is 11.7 Å². The lowest BCUT2D eigenvalue weighted by molar-refractivity contribution is 0.0259. The molecule has 112 valence electrons. The van der Waals surface area contributed by atoms with E-state index in [0.717, 1.165) is 0 Å². The van der Waals surface area contributed by atoms with Crippen molar-refractivity contribution in [3.05, 3.63) is 17.7 Å². The maximum atomic E-state index is 11.9. The molecule has 0 fully saturated rings. The zero-order valence-corrected chi connectivity index (χ0v) is 11.5. The lowest BCUT2D eigenvalue weighted by Crippen LogP contribution is -2.14. The Morgan fingerprint density at radius 3 is 2.55 bits per heavy atom. The fourth-order valence-electron chi connectivity index (χ4n) is 1.49. The fraction of sp³-hybridized carbons (Fsp3) is 0.462. The summed E-state index contributed by atoms with van der Waals surface area (Å²) in [6.45, 7) is 0.395. The van der Waals surface area contributed by atoms with E-state index in [1.165, 1.54) is 20.3 Å². The number of carbonyl (C=O) groups is 1. The van der Waals surface area contributed by atoms with Gasteiger partial charge in [-0.15, -0.1) is 0 Å². The molecule has 1 aromatic rings. The molecule has 0 bridgehead atoms. The summed E-state index contributed by atoms with van der Waals surface area (Å²) in [6.07, 6.45) is 0. The molecule has 7 nitrogen and oxygen atoms in total. The number of esters is 1. The predicted octanol–water partition coefficient (Wildman–Crippen LogP) is 0.452. The molecular formula is C13H19NO6. The Morgan fingerprint density at radius 2 is 1.95 bits per heavy atom. The van der Waals surface area contributed by atoms with Crippen molar-refractivity contribution in [2.75, 3.05) is 46.4 Å². The van der Waals surface area contributed by atoms with Crippen molar-refractivity contribution < 1.29 is 28.8 Å². The van der Waals surface area contributed by atoms with Crippen molar-refractivity contribution in [3.63, 3.8) is 0 Å². The van der Waals surface area contributed by atoms with Crippen LogP contribution in [-0.4, -0.2) is 51.7 Å². The van der Waals surface area contributed by atoms with Crippen molar-refractivity contribution in [1.82, 2.24) is 0 Å². The number of rotatable bonds is 8. The summed E-state index contributed by atoms with van der Waals surface area (Å²) in [7, 11) is 2.92. The Kier molecular flexibility index (Phi) is 6.61. The first kappa shape index (κ1) is 16.1. The lowest BCUT2D eigenvalue weighted by Gasteiger charge is -2.12. The summed E-state index contributed by atoms with van der Waals surface area (Å²) in [4.78, 5) is 11.9. The molecule has 3 N–H and O–H groups in total. The predicted molar refractivity (Wildman–Crippen MR) is 72.1 cm³/mol. The zero-order chi connectivity index (χ0) is 15.0. The number of ether oxygens (including phenoxy) is 4. The first-order chi connectivity index (χ1) is 9.63. The molecule has 0 unspecified atom stereocenters. The van der Waals surface area contributed by atoms with Gasteiger partial charge in [0.15, 0.2) is 0 Å². The van der Waals surface area contributed by atoms with E-state index in [0.29, 0.717) is 11.5 Å². The molecule has 20 heavy (non-hydrogen) atoms. The average Bonchev–Trinajstić information content (AvgIpc) is 2.47. The molecule has 0 aliphatic rings. The van der Waals surface area contributed by atoms with E-state index in [1.807, 2.05) is 0 Å². The fourth-order valence-corrected chi connectivity index (χ4v) is 1.49. The molecule has 0 heterocycles. The van der Waals surface area contributed by atoms with E-state index in [2.05, 4.69) is 0 Å². The third kappa shape index (κ3) is 4.29. The van der Waals surface area contributed by atoms with Crippen LogP contribution in [0.3, 0.4) is 0 Å². The number of carbonyl (C=O) groups excluding carboxylic acids is 1. The Balaban J connectivity index is 2.71. The van der Waals surface area contributed by atoms with E-state index in [-0.39, 0.29) is 37.7 Å². The number of hydrogen-bond acceptors (Lipinski definition) is 7. The second kappa shape index (κ2) is 8.23. The molecule has 0 radical (unpaired) electrons. The molecule has 0 aromatic heterocycles. The van der Waals surface area contributed by atoms with Gasteiger partial charge in [-0.3, -0.25) is 0 Å². The summed E-state index contributed by atoms with van der Waals surface area (Å²) in [5.74, 6) is 0.194. The molecule has 0 amide bonds. The first-order valence-electron chi connectivity index (χ1n) is 6.01. The maximum Gasteiger partial charge on any atom is 0.340 e. The highest BCUT2D eigenvalue weighted by atomic mass is 16.6. The molecule has 0 saturated heterocycles. The van der Waals surface area contributed by atoms with Crippen LogP contribution in [0, 0.1) is 0 Å². The van der Waals surface area contributed by atoms with Crippen LogP contribution in [0.1, 0.15) is 10.4 Å². The third-order valence-electron chi connectivity index (χ3n) is 2.49. The average molecular weight is 285 g/mol. The van der Waals surface area contributed by atoms with E-state index in [4.69, 9.17) is 29.8 Å². The monoisotopic (exact) mass is 285 g/mol.